The second kappa shape index (κ2) is 12.2. The number of pyridine rings is 1. The van der Waals surface area contributed by atoms with Crippen molar-refractivity contribution in [3.63, 3.8) is 0 Å². The van der Waals surface area contributed by atoms with E-state index in [9.17, 15) is 9.18 Å². The van der Waals surface area contributed by atoms with E-state index in [0.717, 1.165) is 43.7 Å². The summed E-state index contributed by atoms with van der Waals surface area (Å²) in [6.07, 6.45) is 3.09. The van der Waals surface area contributed by atoms with Crippen molar-refractivity contribution in [2.24, 2.45) is 0 Å². The molecule has 2 heterocycles. The van der Waals surface area contributed by atoms with Gasteiger partial charge in [0.25, 0.3) is 0 Å². The van der Waals surface area contributed by atoms with Crippen molar-refractivity contribution in [2.45, 2.75) is 46.6 Å². The normalized spacial score (nSPS) is 12.1. The predicted molar refractivity (Wildman–Crippen MR) is 133 cm³/mol. The summed E-state index contributed by atoms with van der Waals surface area (Å²) in [7, 11) is 0. The molecule has 0 fully saturated rings. The Morgan fingerprint density at radius 1 is 1.15 bits per heavy atom. The quantitative estimate of drug-likeness (QED) is 0.393. The number of nitrogens with one attached hydrogen (secondary N) is 2. The number of anilines is 2. The number of nitrogens with zero attached hydrogens (tertiary/aromatic N) is 4. The van der Waals surface area contributed by atoms with Crippen molar-refractivity contribution >= 4 is 28.8 Å². The van der Waals surface area contributed by atoms with Crippen LogP contribution in [0.5, 0.6) is 0 Å². The number of hydrogen-bond donors (Lipinski definition) is 2. The topological polar surface area (TPSA) is 92.3 Å². The zero-order chi connectivity index (χ0) is 24.5. The highest BCUT2D eigenvalue weighted by atomic mass is 19.1. The highest BCUT2D eigenvalue weighted by Gasteiger charge is 2.15. The lowest BCUT2D eigenvalue weighted by Gasteiger charge is -2.21. The maximum absolute atomic E-state index is 13.3. The molecule has 2 aromatic heterocycles. The van der Waals surface area contributed by atoms with Crippen molar-refractivity contribution in [3.8, 4) is 11.3 Å². The smallest absolute Gasteiger partial charge is 0.412 e. The fraction of sp³-hybridized carbons (Fsp3) is 0.440. The maximum atomic E-state index is 13.3. The van der Waals surface area contributed by atoms with Gasteiger partial charge >= 0.3 is 6.09 Å². The Kier molecular flexibility index (Phi) is 9.09. The van der Waals surface area contributed by atoms with Crippen LogP contribution in [-0.2, 0) is 4.74 Å². The van der Waals surface area contributed by atoms with Gasteiger partial charge in [-0.25, -0.2) is 24.1 Å². The number of carbonyl (C=O) groups is 1. The average molecular weight is 469 g/mol. The molecule has 3 aromatic rings. The SMILES string of the molecule is CCOC(=O)Nc1cc(NC(C)CCCN(CC)CC)c2ncc(-c3ccc(F)cc3)nc2n1. The first kappa shape index (κ1) is 25.3. The van der Waals surface area contributed by atoms with Gasteiger partial charge in [0.2, 0.25) is 0 Å². The monoisotopic (exact) mass is 468 g/mol. The molecule has 0 radical (unpaired) electrons. The van der Waals surface area contributed by atoms with Crippen LogP contribution in [0.4, 0.5) is 20.7 Å². The molecule has 0 bridgehead atoms. The Morgan fingerprint density at radius 2 is 1.88 bits per heavy atom. The van der Waals surface area contributed by atoms with Gasteiger partial charge in [0.05, 0.1) is 24.2 Å². The molecule has 0 aliphatic heterocycles. The van der Waals surface area contributed by atoms with E-state index in [1.807, 2.05) is 0 Å². The molecule has 0 aliphatic carbocycles. The van der Waals surface area contributed by atoms with Crippen LogP contribution >= 0.6 is 0 Å². The minimum absolute atomic E-state index is 0.176. The van der Waals surface area contributed by atoms with Crippen LogP contribution in [0.15, 0.2) is 36.5 Å². The summed E-state index contributed by atoms with van der Waals surface area (Å²) in [5.74, 6) is -0.00707. The zero-order valence-electron chi connectivity index (χ0n) is 20.3. The summed E-state index contributed by atoms with van der Waals surface area (Å²) in [6, 6.07) is 7.95. The Morgan fingerprint density at radius 3 is 2.56 bits per heavy atom. The van der Waals surface area contributed by atoms with Crippen molar-refractivity contribution in [3.05, 3.63) is 42.3 Å². The molecule has 8 nitrogen and oxygen atoms in total. The molecule has 1 aromatic carbocycles. The third-order valence-corrected chi connectivity index (χ3v) is 5.57. The molecule has 1 unspecified atom stereocenters. The molecule has 0 saturated heterocycles. The lowest BCUT2D eigenvalue weighted by atomic mass is 10.1. The van der Waals surface area contributed by atoms with Crippen LogP contribution in [-0.4, -0.2) is 58.2 Å². The molecule has 0 spiro atoms. The molecule has 1 amide bonds. The van der Waals surface area contributed by atoms with E-state index in [-0.39, 0.29) is 18.5 Å². The van der Waals surface area contributed by atoms with Crippen molar-refractivity contribution < 1.29 is 13.9 Å². The summed E-state index contributed by atoms with van der Waals surface area (Å²) in [5, 5.41) is 6.16. The fourth-order valence-corrected chi connectivity index (χ4v) is 3.70. The predicted octanol–water partition coefficient (Wildman–Crippen LogP) is 5.32. The van der Waals surface area contributed by atoms with E-state index in [0.29, 0.717) is 22.7 Å². The van der Waals surface area contributed by atoms with E-state index in [1.165, 1.54) is 12.1 Å². The van der Waals surface area contributed by atoms with Gasteiger partial charge in [-0.05, 0) is 70.6 Å². The number of benzene rings is 1. The Hall–Kier alpha value is -3.33. The summed E-state index contributed by atoms with van der Waals surface area (Å²) >= 11 is 0. The first-order chi connectivity index (χ1) is 16.4. The van der Waals surface area contributed by atoms with Gasteiger partial charge < -0.3 is 15.0 Å². The number of fused-ring (bicyclic) bond motifs is 1. The second-order valence-corrected chi connectivity index (χ2v) is 8.05. The lowest BCUT2D eigenvalue weighted by Crippen LogP contribution is -2.25. The summed E-state index contributed by atoms with van der Waals surface area (Å²) < 4.78 is 18.3. The van der Waals surface area contributed by atoms with E-state index < -0.39 is 6.09 Å². The van der Waals surface area contributed by atoms with Crippen LogP contribution in [0.3, 0.4) is 0 Å². The molecule has 182 valence electrons. The molecule has 0 aliphatic rings. The van der Waals surface area contributed by atoms with Crippen molar-refractivity contribution in [2.75, 3.05) is 36.9 Å². The van der Waals surface area contributed by atoms with Crippen LogP contribution in [0.25, 0.3) is 22.4 Å². The lowest BCUT2D eigenvalue weighted by molar-refractivity contribution is 0.168. The molecule has 3 rings (SSSR count). The minimum Gasteiger partial charge on any atom is -0.450 e. The number of hydrogen-bond acceptors (Lipinski definition) is 7. The van der Waals surface area contributed by atoms with E-state index >= 15 is 0 Å². The summed E-state index contributed by atoms with van der Waals surface area (Å²) in [4.78, 5) is 28.1. The van der Waals surface area contributed by atoms with Gasteiger partial charge in [0.15, 0.2) is 5.65 Å². The van der Waals surface area contributed by atoms with E-state index in [2.05, 4.69) is 51.3 Å². The summed E-state index contributed by atoms with van der Waals surface area (Å²) in [5.41, 5.74) is 2.97. The van der Waals surface area contributed by atoms with Gasteiger partial charge in [-0.2, -0.15) is 0 Å². The van der Waals surface area contributed by atoms with Gasteiger partial charge in [-0.15, -0.1) is 0 Å². The van der Waals surface area contributed by atoms with Gasteiger partial charge in [0, 0.05) is 17.7 Å². The number of carbonyl (C=O) groups excluding carboxylic acids is 1. The molecule has 9 heteroatoms. The third kappa shape index (κ3) is 6.84. The highest BCUT2D eigenvalue weighted by Crippen LogP contribution is 2.27. The summed E-state index contributed by atoms with van der Waals surface area (Å²) in [6.45, 7) is 11.6. The number of aromatic nitrogens is 3. The Labute approximate surface area is 200 Å². The first-order valence-electron chi connectivity index (χ1n) is 11.8. The largest absolute Gasteiger partial charge is 0.450 e. The molecule has 2 N–H and O–H groups in total. The number of halogens is 1. The molecule has 0 saturated carbocycles. The molecule has 1 atom stereocenters. The Balaban J connectivity index is 1.88. The number of amides is 1. The van der Waals surface area contributed by atoms with E-state index in [1.54, 1.807) is 31.3 Å². The minimum atomic E-state index is -0.588. The highest BCUT2D eigenvalue weighted by molar-refractivity contribution is 5.92. The average Bonchev–Trinajstić information content (AvgIpc) is 2.82. The third-order valence-electron chi connectivity index (χ3n) is 5.57. The van der Waals surface area contributed by atoms with Crippen LogP contribution in [0.1, 0.15) is 40.5 Å². The second-order valence-electron chi connectivity index (χ2n) is 8.05. The fourth-order valence-electron chi connectivity index (χ4n) is 3.70. The maximum Gasteiger partial charge on any atom is 0.412 e. The van der Waals surface area contributed by atoms with E-state index in [4.69, 9.17) is 4.74 Å². The molecular formula is C25H33FN6O2. The zero-order valence-corrected chi connectivity index (χ0v) is 20.3. The van der Waals surface area contributed by atoms with Crippen LogP contribution in [0.2, 0.25) is 0 Å². The Bertz CT molecular complexity index is 1090. The van der Waals surface area contributed by atoms with Gasteiger partial charge in [-0.3, -0.25) is 5.32 Å². The molecule has 34 heavy (non-hydrogen) atoms. The number of rotatable bonds is 11. The van der Waals surface area contributed by atoms with Crippen molar-refractivity contribution in [1.82, 2.24) is 19.9 Å². The molecular weight excluding hydrogens is 435 g/mol. The van der Waals surface area contributed by atoms with Crippen LogP contribution in [0, 0.1) is 5.82 Å². The standard InChI is InChI=1S/C25H33FN6O2/c1-5-32(6-2)14-8-9-17(4)28-20-15-22(31-25(33)34-7-3)30-24-23(20)27-16-21(29-24)18-10-12-19(26)13-11-18/h10-13,15-17H,5-9,14H2,1-4H3,(H2,28,29,30,31,33). The van der Waals surface area contributed by atoms with Gasteiger partial charge in [0.1, 0.15) is 17.2 Å². The first-order valence-corrected chi connectivity index (χ1v) is 11.8. The number of ether oxygens (including phenoxy) is 1. The van der Waals surface area contributed by atoms with Crippen LogP contribution < -0.4 is 10.6 Å². The van der Waals surface area contributed by atoms with Gasteiger partial charge in [-0.1, -0.05) is 13.8 Å². The van der Waals surface area contributed by atoms with Crippen molar-refractivity contribution in [1.29, 1.82) is 0 Å².